The van der Waals surface area contributed by atoms with Gasteiger partial charge >= 0.3 is 0 Å². The molecule has 0 radical (unpaired) electrons. The molecule has 0 spiro atoms. The maximum absolute atomic E-state index is 13.3. The second-order valence-electron chi connectivity index (χ2n) is 8.48. The highest BCUT2D eigenvalue weighted by Gasteiger charge is 2.27. The Morgan fingerprint density at radius 1 is 0.970 bits per heavy atom. The lowest BCUT2D eigenvalue weighted by molar-refractivity contribution is 0.0627. The fourth-order valence-electron chi connectivity index (χ4n) is 4.50. The predicted octanol–water partition coefficient (Wildman–Crippen LogP) is 3.36. The van der Waals surface area contributed by atoms with Crippen LogP contribution < -0.4 is 9.47 Å². The van der Waals surface area contributed by atoms with Crippen molar-refractivity contribution in [3.8, 4) is 17.2 Å². The van der Waals surface area contributed by atoms with Crippen molar-refractivity contribution in [3.05, 3.63) is 70.8 Å². The van der Waals surface area contributed by atoms with Gasteiger partial charge in [0.25, 0.3) is 5.91 Å². The van der Waals surface area contributed by atoms with Gasteiger partial charge in [-0.3, -0.25) is 9.69 Å². The van der Waals surface area contributed by atoms with Gasteiger partial charge in [-0.25, -0.2) is 9.07 Å². The number of piperazine rings is 1. The Morgan fingerprint density at radius 2 is 1.67 bits per heavy atom. The summed E-state index contributed by atoms with van der Waals surface area (Å²) in [5.41, 5.74) is 3.98. The number of carbonyl (C=O) groups excluding carboxylic acids is 1. The first-order valence-corrected chi connectivity index (χ1v) is 11.2. The predicted molar refractivity (Wildman–Crippen MR) is 122 cm³/mol. The smallest absolute Gasteiger partial charge is 0.257 e. The molecular weight excluding hydrogens is 423 g/mol. The van der Waals surface area contributed by atoms with Crippen LogP contribution in [0, 0.1) is 19.7 Å². The number of fused-ring (bicyclic) bond motifs is 1. The van der Waals surface area contributed by atoms with Crippen molar-refractivity contribution in [3.63, 3.8) is 0 Å². The van der Waals surface area contributed by atoms with Crippen LogP contribution in [0.2, 0.25) is 0 Å². The molecule has 0 atom stereocenters. The summed E-state index contributed by atoms with van der Waals surface area (Å²) in [5.74, 6) is 1.30. The van der Waals surface area contributed by atoms with Gasteiger partial charge in [0.15, 0.2) is 11.5 Å². The molecule has 8 heteroatoms. The minimum atomic E-state index is -0.300. The Morgan fingerprint density at radius 3 is 2.39 bits per heavy atom. The Labute approximate surface area is 192 Å². The average molecular weight is 451 g/mol. The Bertz CT molecular complexity index is 1170. The third-order valence-electron chi connectivity index (χ3n) is 6.25. The summed E-state index contributed by atoms with van der Waals surface area (Å²) in [6.45, 7) is 8.60. The molecule has 0 saturated carbocycles. The van der Waals surface area contributed by atoms with Crippen molar-refractivity contribution in [2.24, 2.45) is 0 Å². The first kappa shape index (κ1) is 21.5. The number of rotatable bonds is 4. The molecule has 2 aliphatic heterocycles. The van der Waals surface area contributed by atoms with Crippen LogP contribution in [0.1, 0.15) is 27.3 Å². The van der Waals surface area contributed by atoms with E-state index in [1.165, 1.54) is 17.7 Å². The number of aryl methyl sites for hydroxylation is 1. The highest BCUT2D eigenvalue weighted by Crippen LogP contribution is 2.31. The molecule has 5 rings (SSSR count). The number of aromatic nitrogens is 2. The minimum Gasteiger partial charge on any atom is -0.486 e. The van der Waals surface area contributed by atoms with Gasteiger partial charge in [-0.1, -0.05) is 6.07 Å². The lowest BCUT2D eigenvalue weighted by atomic mass is 10.1. The first-order chi connectivity index (χ1) is 16.0. The van der Waals surface area contributed by atoms with E-state index in [-0.39, 0.29) is 11.7 Å². The number of amides is 1. The van der Waals surface area contributed by atoms with Crippen molar-refractivity contribution >= 4 is 5.91 Å². The fraction of sp³-hybridized carbons (Fsp3) is 0.360. The monoisotopic (exact) mass is 450 g/mol. The molecule has 0 bridgehead atoms. The van der Waals surface area contributed by atoms with Gasteiger partial charge in [0.05, 0.1) is 22.6 Å². The molecule has 0 unspecified atom stereocenters. The number of hydrogen-bond donors (Lipinski definition) is 0. The average Bonchev–Trinajstić information content (AvgIpc) is 3.13. The number of hydrogen-bond acceptors (Lipinski definition) is 5. The Balaban J connectivity index is 1.24. The maximum atomic E-state index is 13.3. The van der Waals surface area contributed by atoms with Gasteiger partial charge in [0, 0.05) is 32.7 Å². The summed E-state index contributed by atoms with van der Waals surface area (Å²) in [5, 5.41) is 4.55. The molecule has 172 valence electrons. The first-order valence-electron chi connectivity index (χ1n) is 11.2. The van der Waals surface area contributed by atoms with Crippen LogP contribution in [0.4, 0.5) is 4.39 Å². The molecule has 0 N–H and O–H groups in total. The van der Waals surface area contributed by atoms with Crippen LogP contribution in [0.25, 0.3) is 5.69 Å². The van der Waals surface area contributed by atoms with Gasteiger partial charge in [-0.05, 0) is 55.8 Å². The normalized spacial score (nSPS) is 16.2. The van der Waals surface area contributed by atoms with Crippen molar-refractivity contribution < 1.29 is 18.7 Å². The van der Waals surface area contributed by atoms with E-state index < -0.39 is 0 Å². The SMILES string of the molecule is Cc1nn(-c2ccc(F)cc2)c(C)c1C(=O)N1CCN(Cc2ccc3c(c2)OCCO3)CC1. The van der Waals surface area contributed by atoms with E-state index >= 15 is 0 Å². The number of benzene rings is 2. The van der Waals surface area contributed by atoms with Crippen molar-refractivity contribution in [1.29, 1.82) is 0 Å². The Hall–Kier alpha value is -3.39. The standard InChI is InChI=1S/C25H27FN4O3/c1-17-24(18(2)30(27-17)21-6-4-20(26)5-7-21)25(31)29-11-9-28(10-12-29)16-19-3-8-22-23(15-19)33-14-13-32-22/h3-8,15H,9-14,16H2,1-2H3. The summed E-state index contributed by atoms with van der Waals surface area (Å²) in [6.07, 6.45) is 0. The lowest BCUT2D eigenvalue weighted by Crippen LogP contribution is -2.48. The van der Waals surface area contributed by atoms with Crippen LogP contribution in [0.5, 0.6) is 11.5 Å². The summed E-state index contributed by atoms with van der Waals surface area (Å²) in [4.78, 5) is 17.6. The number of carbonyl (C=O) groups is 1. The van der Waals surface area contributed by atoms with Gasteiger partial charge in [0.2, 0.25) is 0 Å². The molecule has 33 heavy (non-hydrogen) atoms. The van der Waals surface area contributed by atoms with Crippen molar-refractivity contribution in [2.75, 3.05) is 39.4 Å². The quantitative estimate of drug-likeness (QED) is 0.610. The minimum absolute atomic E-state index is 0.00246. The van der Waals surface area contributed by atoms with Gasteiger partial charge < -0.3 is 14.4 Å². The topological polar surface area (TPSA) is 59.8 Å². The molecule has 1 aromatic heterocycles. The van der Waals surface area contributed by atoms with E-state index in [2.05, 4.69) is 16.1 Å². The van der Waals surface area contributed by atoms with E-state index in [0.717, 1.165) is 42.5 Å². The van der Waals surface area contributed by atoms with Gasteiger partial charge in [-0.15, -0.1) is 0 Å². The highest BCUT2D eigenvalue weighted by molar-refractivity contribution is 5.96. The van der Waals surface area contributed by atoms with Crippen LogP contribution in [-0.4, -0.2) is 64.9 Å². The van der Waals surface area contributed by atoms with Crippen LogP contribution in [0.3, 0.4) is 0 Å². The number of ether oxygens (including phenoxy) is 2. The van der Waals surface area contributed by atoms with E-state index in [1.54, 1.807) is 16.8 Å². The molecule has 1 fully saturated rings. The molecule has 3 heterocycles. The zero-order valence-electron chi connectivity index (χ0n) is 18.9. The lowest BCUT2D eigenvalue weighted by Gasteiger charge is -2.35. The molecule has 1 saturated heterocycles. The highest BCUT2D eigenvalue weighted by atomic mass is 19.1. The molecule has 1 amide bonds. The third-order valence-corrected chi connectivity index (χ3v) is 6.25. The zero-order chi connectivity index (χ0) is 22.9. The van der Waals surface area contributed by atoms with Gasteiger partial charge in [0.1, 0.15) is 19.0 Å². The molecular formula is C25H27FN4O3. The molecule has 2 aromatic carbocycles. The molecule has 7 nitrogen and oxygen atoms in total. The largest absolute Gasteiger partial charge is 0.486 e. The van der Waals surface area contributed by atoms with Crippen LogP contribution in [0.15, 0.2) is 42.5 Å². The zero-order valence-corrected chi connectivity index (χ0v) is 18.9. The maximum Gasteiger partial charge on any atom is 0.257 e. The second kappa shape index (κ2) is 8.86. The van der Waals surface area contributed by atoms with E-state index in [4.69, 9.17) is 9.47 Å². The van der Waals surface area contributed by atoms with Crippen LogP contribution >= 0.6 is 0 Å². The van der Waals surface area contributed by atoms with Crippen LogP contribution in [-0.2, 0) is 6.54 Å². The van der Waals surface area contributed by atoms with Gasteiger partial charge in [-0.2, -0.15) is 5.10 Å². The Kier molecular flexibility index (Phi) is 5.76. The molecule has 2 aliphatic rings. The number of halogens is 1. The third kappa shape index (κ3) is 4.30. The fourth-order valence-corrected chi connectivity index (χ4v) is 4.50. The summed E-state index contributed by atoms with van der Waals surface area (Å²) in [7, 11) is 0. The van der Waals surface area contributed by atoms with Crippen molar-refractivity contribution in [1.82, 2.24) is 19.6 Å². The number of nitrogens with zero attached hydrogens (tertiary/aromatic N) is 4. The summed E-state index contributed by atoms with van der Waals surface area (Å²) < 4.78 is 26.3. The molecule has 0 aliphatic carbocycles. The van der Waals surface area contributed by atoms with Crippen molar-refractivity contribution in [2.45, 2.75) is 20.4 Å². The van der Waals surface area contributed by atoms with E-state index in [0.29, 0.717) is 37.6 Å². The van der Waals surface area contributed by atoms with E-state index in [9.17, 15) is 9.18 Å². The second-order valence-corrected chi connectivity index (χ2v) is 8.48. The van der Waals surface area contributed by atoms with E-state index in [1.807, 2.05) is 30.9 Å². The summed E-state index contributed by atoms with van der Waals surface area (Å²) >= 11 is 0. The summed E-state index contributed by atoms with van der Waals surface area (Å²) in [6, 6.07) is 12.2. The molecule has 3 aromatic rings.